The quantitative estimate of drug-likeness (QED) is 0.285. The Bertz CT molecular complexity index is 1580. The number of nitrogens with zero attached hydrogens (tertiary/aromatic N) is 1. The van der Waals surface area contributed by atoms with Gasteiger partial charge in [-0.25, -0.2) is 0 Å². The van der Waals surface area contributed by atoms with Crippen LogP contribution in [-0.4, -0.2) is 26.2 Å². The predicted octanol–water partition coefficient (Wildman–Crippen LogP) is 6.31. The lowest BCUT2D eigenvalue weighted by Crippen LogP contribution is -2.29. The SMILES string of the molecule is CCOc1ccc(C2c3c(oc4ccc(C)cc4c3=O)C(=O)N2c2ccc(OC)c(Cl)c2)cc1OCC. The van der Waals surface area contributed by atoms with Gasteiger partial charge in [-0.3, -0.25) is 14.5 Å². The third kappa shape index (κ3) is 4.19. The lowest BCUT2D eigenvalue weighted by atomic mass is 9.97. The molecule has 1 unspecified atom stereocenters. The molecule has 0 N–H and O–H groups in total. The molecule has 0 radical (unpaired) electrons. The highest BCUT2D eigenvalue weighted by atomic mass is 35.5. The smallest absolute Gasteiger partial charge is 0.295 e. The Balaban J connectivity index is 1.78. The average Bonchev–Trinajstić information content (AvgIpc) is 3.18. The molecule has 1 aliphatic heterocycles. The first-order chi connectivity index (χ1) is 17.9. The van der Waals surface area contributed by atoms with E-state index < -0.39 is 11.9 Å². The van der Waals surface area contributed by atoms with Crippen LogP contribution in [0.2, 0.25) is 5.02 Å². The Kier molecular flexibility index (Phi) is 6.56. The number of carbonyl (C=O) groups excluding carboxylic acids is 1. The standard InChI is InChI=1S/C29H26ClNO6/c1-5-35-23-11-8-17(14-24(23)36-6-2)26-25-27(32)19-13-16(3)7-10-21(19)37-28(25)29(33)31(26)18-9-12-22(34-4)20(30)15-18/h7-15,26H,5-6H2,1-4H3. The van der Waals surface area contributed by atoms with Crippen molar-refractivity contribution in [1.82, 2.24) is 0 Å². The van der Waals surface area contributed by atoms with Crippen molar-refractivity contribution in [2.45, 2.75) is 26.8 Å². The summed E-state index contributed by atoms with van der Waals surface area (Å²) in [5.74, 6) is 1.15. The Morgan fingerprint density at radius 2 is 1.65 bits per heavy atom. The Morgan fingerprint density at radius 1 is 0.919 bits per heavy atom. The zero-order valence-corrected chi connectivity index (χ0v) is 21.7. The van der Waals surface area contributed by atoms with E-state index in [1.807, 2.05) is 32.9 Å². The van der Waals surface area contributed by atoms with E-state index in [0.29, 0.717) is 57.7 Å². The van der Waals surface area contributed by atoms with Crippen LogP contribution in [0.25, 0.3) is 11.0 Å². The number of hydrogen-bond donors (Lipinski definition) is 0. The van der Waals surface area contributed by atoms with E-state index in [1.54, 1.807) is 42.5 Å². The molecule has 0 aliphatic carbocycles. The maximum atomic E-state index is 13.9. The fraction of sp³-hybridized carbons (Fsp3) is 0.241. The maximum absolute atomic E-state index is 13.9. The molecular formula is C29H26ClNO6. The molecule has 8 heteroatoms. The van der Waals surface area contributed by atoms with Crippen LogP contribution in [0.3, 0.4) is 0 Å². The summed E-state index contributed by atoms with van der Waals surface area (Å²) in [7, 11) is 1.52. The van der Waals surface area contributed by atoms with Gasteiger partial charge in [-0.15, -0.1) is 0 Å². The summed E-state index contributed by atoms with van der Waals surface area (Å²) in [5.41, 5.74) is 2.45. The molecule has 0 saturated heterocycles. The molecular weight excluding hydrogens is 494 g/mol. The van der Waals surface area contributed by atoms with Crippen molar-refractivity contribution >= 4 is 34.2 Å². The van der Waals surface area contributed by atoms with Gasteiger partial charge in [0.05, 0.1) is 42.3 Å². The summed E-state index contributed by atoms with van der Waals surface area (Å²) < 4.78 is 22.9. The summed E-state index contributed by atoms with van der Waals surface area (Å²) in [6.45, 7) is 6.57. The number of methoxy groups -OCH3 is 1. The van der Waals surface area contributed by atoms with Crippen LogP contribution >= 0.6 is 11.6 Å². The zero-order valence-electron chi connectivity index (χ0n) is 21.0. The largest absolute Gasteiger partial charge is 0.495 e. The molecule has 7 nitrogen and oxygen atoms in total. The Labute approximate surface area is 219 Å². The van der Waals surface area contributed by atoms with Crippen LogP contribution in [0.5, 0.6) is 17.2 Å². The molecule has 1 amide bonds. The minimum atomic E-state index is -0.775. The molecule has 2 heterocycles. The summed E-state index contributed by atoms with van der Waals surface area (Å²) in [5, 5.41) is 0.756. The van der Waals surface area contributed by atoms with Crippen LogP contribution in [0.15, 0.2) is 63.8 Å². The minimum absolute atomic E-state index is 0.00476. The van der Waals surface area contributed by atoms with Gasteiger partial charge >= 0.3 is 0 Å². The van der Waals surface area contributed by atoms with Crippen LogP contribution in [-0.2, 0) is 0 Å². The molecule has 1 aliphatic rings. The molecule has 5 rings (SSSR count). The van der Waals surface area contributed by atoms with Gasteiger partial charge in [-0.05, 0) is 68.8 Å². The number of aryl methyl sites for hydroxylation is 1. The third-order valence-electron chi connectivity index (χ3n) is 6.32. The summed E-state index contributed by atoms with van der Waals surface area (Å²) in [6.07, 6.45) is 0. The van der Waals surface area contributed by atoms with Gasteiger partial charge in [0.2, 0.25) is 5.76 Å². The molecule has 0 spiro atoms. The number of carbonyl (C=O) groups is 1. The highest BCUT2D eigenvalue weighted by molar-refractivity contribution is 6.32. The number of fused-ring (bicyclic) bond motifs is 2. The molecule has 1 atom stereocenters. The van der Waals surface area contributed by atoms with Crippen LogP contribution < -0.4 is 24.5 Å². The van der Waals surface area contributed by atoms with Crippen molar-refractivity contribution in [2.24, 2.45) is 0 Å². The summed E-state index contributed by atoms with van der Waals surface area (Å²) in [6, 6.07) is 15.0. The van der Waals surface area contributed by atoms with Gasteiger partial charge in [-0.1, -0.05) is 29.3 Å². The first-order valence-corrected chi connectivity index (χ1v) is 12.4. The van der Waals surface area contributed by atoms with E-state index in [-0.39, 0.29) is 16.8 Å². The molecule has 4 aromatic rings. The number of anilines is 1. The van der Waals surface area contributed by atoms with E-state index in [1.165, 1.54) is 12.0 Å². The highest BCUT2D eigenvalue weighted by Crippen LogP contribution is 2.44. The fourth-order valence-corrected chi connectivity index (χ4v) is 4.96. The fourth-order valence-electron chi connectivity index (χ4n) is 4.71. The van der Waals surface area contributed by atoms with Gasteiger partial charge in [0.25, 0.3) is 5.91 Å². The maximum Gasteiger partial charge on any atom is 0.295 e. The van der Waals surface area contributed by atoms with Crippen molar-refractivity contribution < 1.29 is 23.4 Å². The van der Waals surface area contributed by atoms with Crippen molar-refractivity contribution in [3.8, 4) is 17.2 Å². The number of amides is 1. The number of ether oxygens (including phenoxy) is 3. The second kappa shape index (κ2) is 9.82. The predicted molar refractivity (Wildman–Crippen MR) is 143 cm³/mol. The van der Waals surface area contributed by atoms with Crippen LogP contribution in [0.4, 0.5) is 5.69 Å². The third-order valence-corrected chi connectivity index (χ3v) is 6.62. The molecule has 0 saturated carbocycles. The monoisotopic (exact) mass is 519 g/mol. The van der Waals surface area contributed by atoms with E-state index in [4.69, 9.17) is 30.2 Å². The normalized spacial score (nSPS) is 14.7. The molecule has 190 valence electrons. The van der Waals surface area contributed by atoms with E-state index in [9.17, 15) is 9.59 Å². The van der Waals surface area contributed by atoms with Crippen LogP contribution in [0.1, 0.15) is 47.1 Å². The molecule has 0 bridgehead atoms. The molecule has 0 fully saturated rings. The zero-order chi connectivity index (χ0) is 26.3. The van der Waals surface area contributed by atoms with Crippen molar-refractivity contribution in [2.75, 3.05) is 25.2 Å². The van der Waals surface area contributed by atoms with E-state index >= 15 is 0 Å². The lowest BCUT2D eigenvalue weighted by molar-refractivity contribution is 0.0971. The topological polar surface area (TPSA) is 78.2 Å². The van der Waals surface area contributed by atoms with Gasteiger partial charge < -0.3 is 18.6 Å². The lowest BCUT2D eigenvalue weighted by Gasteiger charge is -2.26. The van der Waals surface area contributed by atoms with Crippen molar-refractivity contribution in [3.63, 3.8) is 0 Å². The van der Waals surface area contributed by atoms with Gasteiger partial charge in [0.15, 0.2) is 16.9 Å². The summed E-state index contributed by atoms with van der Waals surface area (Å²) in [4.78, 5) is 29.3. The average molecular weight is 520 g/mol. The number of halogens is 1. The second-order valence-corrected chi connectivity index (χ2v) is 9.05. The number of hydrogen-bond acceptors (Lipinski definition) is 6. The molecule has 37 heavy (non-hydrogen) atoms. The first kappa shape index (κ1) is 24.7. The van der Waals surface area contributed by atoms with Gasteiger partial charge in [-0.2, -0.15) is 0 Å². The second-order valence-electron chi connectivity index (χ2n) is 8.64. The van der Waals surface area contributed by atoms with E-state index in [0.717, 1.165) is 5.56 Å². The summed E-state index contributed by atoms with van der Waals surface area (Å²) >= 11 is 6.43. The molecule has 3 aromatic carbocycles. The Hall–Kier alpha value is -3.97. The van der Waals surface area contributed by atoms with Crippen LogP contribution in [0, 0.1) is 6.92 Å². The Morgan fingerprint density at radius 3 is 2.35 bits per heavy atom. The van der Waals surface area contributed by atoms with Crippen molar-refractivity contribution in [1.29, 1.82) is 0 Å². The number of rotatable bonds is 7. The van der Waals surface area contributed by atoms with Crippen molar-refractivity contribution in [3.05, 3.63) is 92.3 Å². The first-order valence-electron chi connectivity index (χ1n) is 12.0. The van der Waals surface area contributed by atoms with Gasteiger partial charge in [0.1, 0.15) is 11.3 Å². The van der Waals surface area contributed by atoms with Gasteiger partial charge in [0, 0.05) is 5.69 Å². The highest BCUT2D eigenvalue weighted by Gasteiger charge is 2.44. The number of benzene rings is 3. The minimum Gasteiger partial charge on any atom is -0.495 e. The molecule has 1 aromatic heterocycles. The van der Waals surface area contributed by atoms with E-state index in [2.05, 4.69) is 0 Å².